The Labute approximate surface area is 354 Å². The van der Waals surface area contributed by atoms with Gasteiger partial charge in [-0.2, -0.15) is 0 Å². The topological polar surface area (TPSA) is 107 Å². The Morgan fingerprint density at radius 2 is 0.967 bits per heavy atom. The SMILES string of the molecule is Cc1cccc(C)c1-c1ccc2c(c1)CCN(C)[C@@H]2CCc1cnccc1C(=O)O.Cc1cccc(C)c1-c1ccc2c(c1)CCN(C)[C@H]2CCc1cnccc1C(=O)O. The summed E-state index contributed by atoms with van der Waals surface area (Å²) in [7, 11) is 4.32. The quantitative estimate of drug-likeness (QED) is 0.141. The van der Waals surface area contributed by atoms with Crippen molar-refractivity contribution in [3.05, 3.63) is 176 Å². The van der Waals surface area contributed by atoms with Gasteiger partial charge in [0.15, 0.2) is 0 Å². The standard InChI is InChI=1S/2C26H28N2O2/c2*1-17-5-4-6-18(2)25(17)20-7-9-22-19(15-20)12-14-28(3)24(22)10-8-21-16-27-13-11-23(21)26(29)30/h2*4-7,9,11,13,15-16,24H,8,10,12,14H2,1-3H3,(H,29,30)/t2*24-/m10/s1. The van der Waals surface area contributed by atoms with E-state index in [4.69, 9.17) is 0 Å². The maximum Gasteiger partial charge on any atom is 0.336 e. The van der Waals surface area contributed by atoms with Gasteiger partial charge in [-0.1, -0.05) is 72.8 Å². The van der Waals surface area contributed by atoms with Gasteiger partial charge in [-0.05, 0) is 170 Å². The van der Waals surface area contributed by atoms with Gasteiger partial charge in [0.1, 0.15) is 0 Å². The molecule has 0 spiro atoms. The van der Waals surface area contributed by atoms with Gasteiger partial charge in [0.2, 0.25) is 0 Å². The molecule has 2 aliphatic rings. The molecule has 0 unspecified atom stereocenters. The van der Waals surface area contributed by atoms with Crippen LogP contribution in [0, 0.1) is 27.7 Å². The molecule has 0 amide bonds. The van der Waals surface area contributed by atoms with Crippen molar-refractivity contribution in [1.29, 1.82) is 0 Å². The summed E-state index contributed by atoms with van der Waals surface area (Å²) in [5.41, 5.74) is 18.3. The minimum Gasteiger partial charge on any atom is -0.478 e. The molecule has 0 radical (unpaired) electrons. The van der Waals surface area contributed by atoms with Crippen molar-refractivity contribution in [3.8, 4) is 22.3 Å². The molecule has 4 aromatic carbocycles. The van der Waals surface area contributed by atoms with Gasteiger partial charge in [0.05, 0.1) is 11.1 Å². The normalized spacial score (nSPS) is 16.3. The van der Waals surface area contributed by atoms with Gasteiger partial charge in [-0.15, -0.1) is 0 Å². The van der Waals surface area contributed by atoms with Crippen molar-refractivity contribution < 1.29 is 19.8 Å². The van der Waals surface area contributed by atoms with Gasteiger partial charge >= 0.3 is 11.9 Å². The molecule has 6 aromatic rings. The molecule has 2 N–H and O–H groups in total. The summed E-state index contributed by atoms with van der Waals surface area (Å²) in [5, 5.41) is 18.9. The van der Waals surface area contributed by atoms with Crippen LogP contribution in [0.4, 0.5) is 0 Å². The maximum atomic E-state index is 11.5. The largest absolute Gasteiger partial charge is 0.478 e. The van der Waals surface area contributed by atoms with Crippen LogP contribution in [0.5, 0.6) is 0 Å². The maximum absolute atomic E-state index is 11.5. The highest BCUT2D eigenvalue weighted by Gasteiger charge is 2.27. The molecule has 8 nitrogen and oxygen atoms in total. The lowest BCUT2D eigenvalue weighted by atomic mass is 9.86. The Morgan fingerprint density at radius 1 is 0.583 bits per heavy atom. The van der Waals surface area contributed by atoms with Gasteiger partial charge in [-0.3, -0.25) is 19.8 Å². The van der Waals surface area contributed by atoms with Gasteiger partial charge in [0.25, 0.3) is 0 Å². The van der Waals surface area contributed by atoms with E-state index in [-0.39, 0.29) is 12.1 Å². The number of likely N-dealkylation sites (N-methyl/N-ethyl adjacent to an activating group) is 2. The number of carboxylic acids is 2. The lowest BCUT2D eigenvalue weighted by molar-refractivity contribution is 0.0684. The first-order valence-electron chi connectivity index (χ1n) is 21.0. The fourth-order valence-corrected chi connectivity index (χ4v) is 9.53. The highest BCUT2D eigenvalue weighted by atomic mass is 16.4. The summed E-state index contributed by atoms with van der Waals surface area (Å²) in [6.07, 6.45) is 11.7. The lowest BCUT2D eigenvalue weighted by Gasteiger charge is -2.35. The van der Waals surface area contributed by atoms with Crippen molar-refractivity contribution >= 4 is 11.9 Å². The first kappa shape index (κ1) is 42.2. The van der Waals surface area contributed by atoms with Crippen LogP contribution >= 0.6 is 0 Å². The smallest absolute Gasteiger partial charge is 0.336 e. The van der Waals surface area contributed by atoms with Gasteiger partial charge in [-0.25, -0.2) is 9.59 Å². The summed E-state index contributed by atoms with van der Waals surface area (Å²) in [6.45, 7) is 10.7. The van der Waals surface area contributed by atoms with Crippen LogP contribution < -0.4 is 0 Å². The Hall–Kier alpha value is -5.96. The van der Waals surface area contributed by atoms with Crippen LogP contribution in [-0.2, 0) is 25.7 Å². The highest BCUT2D eigenvalue weighted by Crippen LogP contribution is 2.38. The van der Waals surface area contributed by atoms with Crippen molar-refractivity contribution in [2.75, 3.05) is 27.2 Å². The third-order valence-electron chi connectivity index (χ3n) is 12.7. The molecule has 0 saturated heterocycles. The molecule has 2 aromatic heterocycles. The summed E-state index contributed by atoms with van der Waals surface area (Å²) < 4.78 is 0. The van der Waals surface area contributed by atoms with Crippen molar-refractivity contribution in [2.24, 2.45) is 0 Å². The molecule has 8 rings (SSSR count). The zero-order chi connectivity index (χ0) is 42.5. The number of hydrogen-bond acceptors (Lipinski definition) is 6. The van der Waals surface area contributed by atoms with E-state index in [1.165, 1.54) is 66.8 Å². The molecule has 308 valence electrons. The summed E-state index contributed by atoms with van der Waals surface area (Å²) in [4.78, 5) is 36.1. The number of rotatable bonds is 10. The zero-order valence-electron chi connectivity index (χ0n) is 35.7. The Balaban J connectivity index is 0.000000181. The molecule has 2 atom stereocenters. The molecule has 60 heavy (non-hydrogen) atoms. The fourth-order valence-electron chi connectivity index (χ4n) is 9.53. The van der Waals surface area contributed by atoms with Crippen LogP contribution in [0.15, 0.2) is 110 Å². The third-order valence-corrected chi connectivity index (χ3v) is 12.7. The molecule has 0 saturated carbocycles. The number of carboxylic acid groups (broad SMARTS) is 2. The predicted molar refractivity (Wildman–Crippen MR) is 240 cm³/mol. The number of carbonyl (C=O) groups is 2. The van der Waals surface area contributed by atoms with E-state index in [1.807, 2.05) is 0 Å². The summed E-state index contributed by atoms with van der Waals surface area (Å²) >= 11 is 0. The number of benzene rings is 4. The predicted octanol–water partition coefficient (Wildman–Crippen LogP) is 10.5. The zero-order valence-corrected chi connectivity index (χ0v) is 35.7. The van der Waals surface area contributed by atoms with Gasteiger partial charge < -0.3 is 10.2 Å². The summed E-state index contributed by atoms with van der Waals surface area (Å²) in [5.74, 6) is -1.77. The number of aromatic carboxylic acids is 2. The Morgan fingerprint density at radius 3 is 1.33 bits per heavy atom. The van der Waals surface area contributed by atoms with Crippen LogP contribution in [0.2, 0.25) is 0 Å². The minimum absolute atomic E-state index is 0.280. The van der Waals surface area contributed by atoms with Crippen LogP contribution in [-0.4, -0.2) is 69.1 Å². The lowest BCUT2D eigenvalue weighted by Crippen LogP contribution is -2.32. The van der Waals surface area contributed by atoms with Crippen LogP contribution in [0.25, 0.3) is 22.3 Å². The second-order valence-electron chi connectivity index (χ2n) is 16.6. The van der Waals surface area contributed by atoms with E-state index in [0.29, 0.717) is 24.0 Å². The fraction of sp³-hybridized carbons (Fsp3) is 0.308. The van der Waals surface area contributed by atoms with Crippen LogP contribution in [0.1, 0.15) is 101 Å². The van der Waals surface area contributed by atoms with E-state index in [9.17, 15) is 19.8 Å². The molecular weight excluding hydrogens is 745 g/mol. The minimum atomic E-state index is -0.886. The van der Waals surface area contributed by atoms with E-state index in [2.05, 4.69) is 134 Å². The van der Waals surface area contributed by atoms with E-state index >= 15 is 0 Å². The Kier molecular flexibility index (Phi) is 13.0. The number of fused-ring (bicyclic) bond motifs is 2. The number of pyridine rings is 2. The second-order valence-corrected chi connectivity index (χ2v) is 16.6. The van der Waals surface area contributed by atoms with Crippen LogP contribution in [0.3, 0.4) is 0 Å². The average Bonchev–Trinajstić information content (AvgIpc) is 3.23. The molecule has 4 heterocycles. The van der Waals surface area contributed by atoms with E-state index < -0.39 is 11.9 Å². The summed E-state index contributed by atoms with van der Waals surface area (Å²) in [6, 6.07) is 30.4. The second kappa shape index (κ2) is 18.5. The number of hydrogen-bond donors (Lipinski definition) is 2. The van der Waals surface area contributed by atoms with E-state index in [1.54, 1.807) is 36.9 Å². The van der Waals surface area contributed by atoms with Crippen molar-refractivity contribution in [2.45, 2.75) is 78.3 Å². The third kappa shape index (κ3) is 9.10. The first-order chi connectivity index (χ1) is 28.9. The number of aryl methyl sites for hydroxylation is 6. The van der Waals surface area contributed by atoms with E-state index in [0.717, 1.165) is 49.9 Å². The number of nitrogens with zero attached hydrogens (tertiary/aromatic N) is 4. The molecule has 0 aliphatic carbocycles. The van der Waals surface area contributed by atoms with Crippen molar-refractivity contribution in [3.63, 3.8) is 0 Å². The average molecular weight is 801 g/mol. The molecule has 0 bridgehead atoms. The molecule has 2 aliphatic heterocycles. The highest BCUT2D eigenvalue weighted by molar-refractivity contribution is 5.89. The first-order valence-corrected chi connectivity index (χ1v) is 21.0. The van der Waals surface area contributed by atoms with Gasteiger partial charge in [0, 0.05) is 50.0 Å². The van der Waals surface area contributed by atoms with Crippen molar-refractivity contribution in [1.82, 2.24) is 19.8 Å². The molecule has 0 fully saturated rings. The number of aromatic nitrogens is 2. The molecule has 8 heteroatoms. The monoisotopic (exact) mass is 800 g/mol. The molecular formula is C52H56N4O4. The Bertz CT molecular complexity index is 2310.